The van der Waals surface area contributed by atoms with Crippen molar-refractivity contribution in [1.82, 2.24) is 0 Å². The fourth-order valence-electron chi connectivity index (χ4n) is 2.14. The third-order valence-corrected chi connectivity index (χ3v) is 3.49. The average molecular weight is 301 g/mol. The zero-order valence-electron chi connectivity index (χ0n) is 11.1. The third-order valence-electron chi connectivity index (χ3n) is 3.18. The maximum absolute atomic E-state index is 11.1. The van der Waals surface area contributed by atoms with Gasteiger partial charge in [-0.3, -0.25) is 4.79 Å². The van der Waals surface area contributed by atoms with Crippen LogP contribution >= 0.6 is 11.6 Å². The summed E-state index contributed by atoms with van der Waals surface area (Å²) >= 11 is 6.01. The summed E-state index contributed by atoms with van der Waals surface area (Å²) in [7, 11) is 0. The Hall–Kier alpha value is -2.46. The molecule has 0 aliphatic heterocycles. The van der Waals surface area contributed by atoms with Gasteiger partial charge in [-0.05, 0) is 30.3 Å². The van der Waals surface area contributed by atoms with Gasteiger partial charge >= 0.3 is 0 Å². The molecule has 0 aliphatic rings. The van der Waals surface area contributed by atoms with Crippen molar-refractivity contribution in [3.63, 3.8) is 0 Å². The number of fused-ring (bicyclic) bond motifs is 1. The van der Waals surface area contributed by atoms with E-state index in [1.165, 1.54) is 0 Å². The Labute approximate surface area is 126 Å². The molecule has 0 bridgehead atoms. The molecule has 3 rings (SSSR count). The minimum absolute atomic E-state index is 0.311. The topological polar surface area (TPSA) is 68.3 Å². The molecule has 2 aromatic carbocycles. The van der Waals surface area contributed by atoms with E-state index in [1.54, 1.807) is 18.2 Å². The lowest BCUT2D eigenvalue weighted by Gasteiger charge is -2.06. The van der Waals surface area contributed by atoms with Crippen LogP contribution in [0, 0.1) is 0 Å². The van der Waals surface area contributed by atoms with Gasteiger partial charge < -0.3 is 15.5 Å². The summed E-state index contributed by atoms with van der Waals surface area (Å²) in [5.41, 5.74) is 7.18. The predicted molar refractivity (Wildman–Crippen MR) is 83.5 cm³/mol. The van der Waals surface area contributed by atoms with Crippen LogP contribution in [0.3, 0.4) is 0 Å². The van der Waals surface area contributed by atoms with Crippen molar-refractivity contribution in [2.45, 2.75) is 6.54 Å². The molecule has 21 heavy (non-hydrogen) atoms. The summed E-state index contributed by atoms with van der Waals surface area (Å²) in [6.45, 7) is 0.529. The first-order valence-corrected chi connectivity index (χ1v) is 6.82. The van der Waals surface area contributed by atoms with Crippen LogP contribution in [-0.4, -0.2) is 5.91 Å². The Balaban J connectivity index is 1.75. The van der Waals surface area contributed by atoms with E-state index in [0.717, 1.165) is 22.4 Å². The molecular formula is C16H13ClN2O2. The summed E-state index contributed by atoms with van der Waals surface area (Å²) < 4.78 is 5.71. The Morgan fingerprint density at radius 1 is 1.19 bits per heavy atom. The molecule has 4 nitrogen and oxygen atoms in total. The highest BCUT2D eigenvalue weighted by Crippen LogP contribution is 2.23. The van der Waals surface area contributed by atoms with Gasteiger partial charge in [-0.2, -0.15) is 0 Å². The van der Waals surface area contributed by atoms with E-state index in [1.807, 2.05) is 30.3 Å². The Morgan fingerprint density at radius 2 is 2.00 bits per heavy atom. The Bertz CT molecular complexity index is 778. The minimum Gasteiger partial charge on any atom is -0.459 e. The maximum Gasteiger partial charge on any atom is 0.250 e. The monoisotopic (exact) mass is 300 g/mol. The summed E-state index contributed by atoms with van der Waals surface area (Å²) in [5, 5.41) is 4.60. The number of carbonyl (C=O) groups excluding carboxylic acids is 1. The van der Waals surface area contributed by atoms with E-state index in [9.17, 15) is 4.79 Å². The highest BCUT2D eigenvalue weighted by molar-refractivity contribution is 6.34. The van der Waals surface area contributed by atoms with Gasteiger partial charge in [-0.25, -0.2) is 0 Å². The SMILES string of the molecule is NC(=O)c1ccc(NCc2cc3ccccc3o2)cc1Cl. The molecule has 3 N–H and O–H groups in total. The largest absolute Gasteiger partial charge is 0.459 e. The average Bonchev–Trinajstić information content (AvgIpc) is 2.87. The number of nitrogens with two attached hydrogens (primary N) is 1. The number of nitrogens with one attached hydrogen (secondary N) is 1. The van der Waals surface area contributed by atoms with Crippen molar-refractivity contribution in [3.05, 3.63) is 64.9 Å². The number of halogens is 1. The molecule has 0 spiro atoms. The highest BCUT2D eigenvalue weighted by atomic mass is 35.5. The van der Waals surface area contributed by atoms with Crippen LogP contribution in [0.2, 0.25) is 5.02 Å². The Kier molecular flexibility index (Phi) is 3.54. The molecule has 3 aromatic rings. The first kappa shape index (κ1) is 13.5. The van der Waals surface area contributed by atoms with Crippen molar-refractivity contribution >= 4 is 34.2 Å². The quantitative estimate of drug-likeness (QED) is 0.770. The standard InChI is InChI=1S/C16H13ClN2O2/c17-14-8-11(5-6-13(14)16(18)20)19-9-12-7-10-3-1-2-4-15(10)21-12/h1-8,19H,9H2,(H2,18,20). The van der Waals surface area contributed by atoms with Crippen LogP contribution in [-0.2, 0) is 6.54 Å². The normalized spacial score (nSPS) is 10.7. The van der Waals surface area contributed by atoms with Crippen LogP contribution < -0.4 is 11.1 Å². The summed E-state index contributed by atoms with van der Waals surface area (Å²) in [6.07, 6.45) is 0. The van der Waals surface area contributed by atoms with E-state index < -0.39 is 5.91 Å². The number of carbonyl (C=O) groups is 1. The van der Waals surface area contributed by atoms with Crippen molar-refractivity contribution in [2.24, 2.45) is 5.73 Å². The van der Waals surface area contributed by atoms with Crippen molar-refractivity contribution < 1.29 is 9.21 Å². The van der Waals surface area contributed by atoms with Gasteiger partial charge in [0, 0.05) is 11.1 Å². The molecule has 0 aliphatic carbocycles. The second-order valence-electron chi connectivity index (χ2n) is 4.66. The van der Waals surface area contributed by atoms with Gasteiger partial charge in [0.2, 0.25) is 5.91 Å². The van der Waals surface area contributed by atoms with E-state index >= 15 is 0 Å². The molecule has 1 amide bonds. The fourth-order valence-corrected chi connectivity index (χ4v) is 2.41. The fraction of sp³-hybridized carbons (Fsp3) is 0.0625. The number of hydrogen-bond donors (Lipinski definition) is 2. The number of primary amides is 1. The van der Waals surface area contributed by atoms with E-state index in [4.69, 9.17) is 21.8 Å². The summed E-state index contributed by atoms with van der Waals surface area (Å²) in [5.74, 6) is 0.287. The van der Waals surface area contributed by atoms with Crippen molar-refractivity contribution in [1.29, 1.82) is 0 Å². The maximum atomic E-state index is 11.1. The molecule has 5 heteroatoms. The van der Waals surface area contributed by atoms with E-state index in [-0.39, 0.29) is 0 Å². The predicted octanol–water partition coefficient (Wildman–Crippen LogP) is 3.80. The van der Waals surface area contributed by atoms with Crippen LogP contribution in [0.15, 0.2) is 52.9 Å². The number of rotatable bonds is 4. The first-order chi connectivity index (χ1) is 10.1. The molecule has 0 fully saturated rings. The number of hydrogen-bond acceptors (Lipinski definition) is 3. The second-order valence-corrected chi connectivity index (χ2v) is 5.07. The van der Waals surface area contributed by atoms with Crippen LogP contribution in [0.4, 0.5) is 5.69 Å². The molecule has 0 radical (unpaired) electrons. The number of para-hydroxylation sites is 1. The lowest BCUT2D eigenvalue weighted by atomic mass is 10.2. The van der Waals surface area contributed by atoms with Gasteiger partial charge in [0.25, 0.3) is 0 Å². The molecule has 1 heterocycles. The van der Waals surface area contributed by atoms with E-state index in [2.05, 4.69) is 5.32 Å². The minimum atomic E-state index is -0.538. The zero-order valence-corrected chi connectivity index (χ0v) is 11.9. The van der Waals surface area contributed by atoms with Gasteiger partial charge in [-0.15, -0.1) is 0 Å². The van der Waals surface area contributed by atoms with Crippen molar-refractivity contribution in [2.75, 3.05) is 5.32 Å². The van der Waals surface area contributed by atoms with Gasteiger partial charge in [-0.1, -0.05) is 29.8 Å². The lowest BCUT2D eigenvalue weighted by molar-refractivity contribution is 0.100. The van der Waals surface area contributed by atoms with Crippen LogP contribution in [0.1, 0.15) is 16.1 Å². The molecule has 106 valence electrons. The number of benzene rings is 2. The highest BCUT2D eigenvalue weighted by Gasteiger charge is 2.08. The molecule has 1 aromatic heterocycles. The van der Waals surface area contributed by atoms with Gasteiger partial charge in [0.1, 0.15) is 11.3 Å². The van der Waals surface area contributed by atoms with Crippen molar-refractivity contribution in [3.8, 4) is 0 Å². The van der Waals surface area contributed by atoms with Gasteiger partial charge in [0.05, 0.1) is 17.1 Å². The molecular weight excluding hydrogens is 288 g/mol. The Morgan fingerprint density at radius 3 is 2.71 bits per heavy atom. The van der Waals surface area contributed by atoms with Crippen LogP contribution in [0.5, 0.6) is 0 Å². The smallest absolute Gasteiger partial charge is 0.250 e. The summed E-state index contributed by atoms with van der Waals surface area (Å²) in [4.78, 5) is 11.1. The molecule has 0 unspecified atom stereocenters. The van der Waals surface area contributed by atoms with Crippen LogP contribution in [0.25, 0.3) is 11.0 Å². The van der Waals surface area contributed by atoms with Gasteiger partial charge in [0.15, 0.2) is 0 Å². The van der Waals surface area contributed by atoms with E-state index in [0.29, 0.717) is 17.1 Å². The molecule has 0 saturated carbocycles. The second kappa shape index (κ2) is 5.50. The first-order valence-electron chi connectivity index (χ1n) is 6.44. The third kappa shape index (κ3) is 2.85. The summed E-state index contributed by atoms with van der Waals surface area (Å²) in [6, 6.07) is 14.9. The number of amides is 1. The molecule has 0 atom stereocenters. The molecule has 0 saturated heterocycles. The lowest BCUT2D eigenvalue weighted by Crippen LogP contribution is -2.11. The number of anilines is 1. The number of furan rings is 1. The zero-order chi connectivity index (χ0) is 14.8.